The molecule has 1 aromatic rings. The van der Waals surface area contributed by atoms with Crippen LogP contribution in [0.25, 0.3) is 0 Å². The lowest BCUT2D eigenvalue weighted by molar-refractivity contribution is 0.124. The van der Waals surface area contributed by atoms with E-state index < -0.39 is 5.82 Å². The maximum absolute atomic E-state index is 14.3. The van der Waals surface area contributed by atoms with Crippen molar-refractivity contribution in [3.05, 3.63) is 28.5 Å². The fourth-order valence-electron chi connectivity index (χ4n) is 4.75. The Morgan fingerprint density at radius 3 is 2.20 bits per heavy atom. The third-order valence-corrected chi connectivity index (χ3v) is 7.01. The molecule has 1 aromatic carbocycles. The predicted octanol–water partition coefficient (Wildman–Crippen LogP) is 7.05. The summed E-state index contributed by atoms with van der Waals surface area (Å²) in [7, 11) is 0. The van der Waals surface area contributed by atoms with Crippen LogP contribution in [0.4, 0.5) is 4.39 Å². The van der Waals surface area contributed by atoms with Crippen molar-refractivity contribution in [2.75, 3.05) is 6.61 Å². The first-order valence-corrected chi connectivity index (χ1v) is 10.6. The van der Waals surface area contributed by atoms with Gasteiger partial charge in [0.1, 0.15) is 0 Å². The average molecular weight is 367 g/mol. The Labute approximate surface area is 157 Å². The van der Waals surface area contributed by atoms with E-state index in [0.717, 1.165) is 29.7 Å². The highest BCUT2D eigenvalue weighted by atomic mass is 35.5. The van der Waals surface area contributed by atoms with E-state index in [1.807, 2.05) is 13.0 Å². The number of rotatable bonds is 5. The van der Waals surface area contributed by atoms with Gasteiger partial charge in [-0.25, -0.2) is 4.39 Å². The predicted molar refractivity (Wildman–Crippen MR) is 103 cm³/mol. The van der Waals surface area contributed by atoms with Crippen LogP contribution in [0.15, 0.2) is 12.1 Å². The highest BCUT2D eigenvalue weighted by molar-refractivity contribution is 6.31. The molecular weight excluding hydrogens is 335 g/mol. The zero-order valence-electron chi connectivity index (χ0n) is 15.7. The van der Waals surface area contributed by atoms with Crippen LogP contribution in [0.1, 0.15) is 70.8 Å². The fraction of sp³-hybridized carbons (Fsp3) is 0.727. The molecule has 0 aromatic heterocycles. The zero-order chi connectivity index (χ0) is 17.8. The monoisotopic (exact) mass is 366 g/mol. The van der Waals surface area contributed by atoms with Crippen molar-refractivity contribution < 1.29 is 9.13 Å². The Morgan fingerprint density at radius 2 is 1.60 bits per heavy atom. The molecule has 0 atom stereocenters. The van der Waals surface area contributed by atoms with Gasteiger partial charge in [-0.2, -0.15) is 0 Å². The van der Waals surface area contributed by atoms with E-state index in [-0.39, 0.29) is 5.02 Å². The fourth-order valence-corrected chi connectivity index (χ4v) is 5.04. The molecule has 2 aliphatic rings. The van der Waals surface area contributed by atoms with Crippen molar-refractivity contribution in [2.45, 2.75) is 71.6 Å². The smallest absolute Gasteiger partial charge is 0.183 e. The average Bonchev–Trinajstić information content (AvgIpc) is 2.64. The van der Waals surface area contributed by atoms with Gasteiger partial charge in [-0.1, -0.05) is 44.4 Å². The van der Waals surface area contributed by atoms with Crippen LogP contribution in [-0.4, -0.2) is 6.61 Å². The molecule has 2 saturated carbocycles. The van der Waals surface area contributed by atoms with E-state index in [9.17, 15) is 4.39 Å². The Kier molecular flexibility index (Phi) is 6.66. The third-order valence-electron chi connectivity index (χ3n) is 6.60. The summed E-state index contributed by atoms with van der Waals surface area (Å²) >= 11 is 6.08. The topological polar surface area (TPSA) is 9.23 Å². The lowest BCUT2D eigenvalue weighted by Gasteiger charge is -2.37. The van der Waals surface area contributed by atoms with Crippen LogP contribution in [0.3, 0.4) is 0 Å². The van der Waals surface area contributed by atoms with Crippen LogP contribution < -0.4 is 4.74 Å². The molecule has 0 N–H and O–H groups in total. The van der Waals surface area contributed by atoms with Crippen LogP contribution in [0.2, 0.25) is 5.02 Å². The molecule has 3 heteroatoms. The summed E-state index contributed by atoms with van der Waals surface area (Å²) in [5.74, 6) is 3.27. The van der Waals surface area contributed by atoms with Gasteiger partial charge >= 0.3 is 0 Å². The number of ether oxygens (including phenoxy) is 1. The van der Waals surface area contributed by atoms with Gasteiger partial charge in [0.25, 0.3) is 0 Å². The van der Waals surface area contributed by atoms with Crippen molar-refractivity contribution >= 4 is 11.6 Å². The van der Waals surface area contributed by atoms with Crippen LogP contribution in [0.5, 0.6) is 5.75 Å². The SMILES string of the molecule is CCc1ccc(OCC2CCC(C3CCC(C)CC3)CC2)c(F)c1Cl. The number of halogens is 2. The second-order valence-corrected chi connectivity index (χ2v) is 8.69. The molecule has 0 saturated heterocycles. The molecule has 140 valence electrons. The normalized spacial score (nSPS) is 30.2. The number of hydrogen-bond donors (Lipinski definition) is 0. The molecule has 0 bridgehead atoms. The van der Waals surface area contributed by atoms with E-state index in [4.69, 9.17) is 16.3 Å². The highest BCUT2D eigenvalue weighted by Crippen LogP contribution is 2.41. The first kappa shape index (κ1) is 19.0. The van der Waals surface area contributed by atoms with E-state index in [0.29, 0.717) is 18.3 Å². The van der Waals surface area contributed by atoms with Crippen molar-refractivity contribution in [3.63, 3.8) is 0 Å². The number of aryl methyl sites for hydroxylation is 1. The Morgan fingerprint density at radius 1 is 1.00 bits per heavy atom. The molecule has 3 rings (SSSR count). The van der Waals surface area contributed by atoms with Crippen LogP contribution in [0, 0.1) is 29.5 Å². The van der Waals surface area contributed by atoms with Crippen molar-refractivity contribution in [1.82, 2.24) is 0 Å². The minimum absolute atomic E-state index is 0.218. The van der Waals surface area contributed by atoms with Gasteiger partial charge in [0, 0.05) is 0 Å². The molecule has 1 nitrogen and oxygen atoms in total. The van der Waals surface area contributed by atoms with Gasteiger partial charge in [0.05, 0.1) is 11.6 Å². The van der Waals surface area contributed by atoms with Crippen molar-refractivity contribution in [1.29, 1.82) is 0 Å². The van der Waals surface area contributed by atoms with E-state index in [2.05, 4.69) is 6.92 Å². The summed E-state index contributed by atoms with van der Waals surface area (Å²) < 4.78 is 20.1. The van der Waals surface area contributed by atoms with E-state index in [1.165, 1.54) is 51.4 Å². The molecule has 2 aliphatic carbocycles. The maximum Gasteiger partial charge on any atom is 0.183 e. The molecule has 25 heavy (non-hydrogen) atoms. The standard InChI is InChI=1S/C22H32ClFO/c1-3-17-12-13-20(22(24)21(17)23)25-14-16-6-10-19(11-7-16)18-8-4-15(2)5-9-18/h12-13,15-16,18-19H,3-11,14H2,1-2H3. The van der Waals surface area contributed by atoms with Crippen LogP contribution >= 0.6 is 11.6 Å². The Hall–Kier alpha value is -0.760. The minimum atomic E-state index is -0.397. The number of hydrogen-bond acceptors (Lipinski definition) is 1. The third kappa shape index (κ3) is 4.70. The molecular formula is C22H32ClFO. The summed E-state index contributed by atoms with van der Waals surface area (Å²) in [6.45, 7) is 4.99. The van der Waals surface area contributed by atoms with Crippen LogP contribution in [-0.2, 0) is 6.42 Å². The molecule has 0 radical (unpaired) electrons. The number of benzene rings is 1. The first-order valence-electron chi connectivity index (χ1n) is 10.2. The molecule has 2 fully saturated rings. The highest BCUT2D eigenvalue weighted by Gasteiger charge is 2.30. The van der Waals surface area contributed by atoms with Gasteiger partial charge in [-0.3, -0.25) is 0 Å². The van der Waals surface area contributed by atoms with Gasteiger partial charge in [0.2, 0.25) is 0 Å². The summed E-state index contributed by atoms with van der Waals surface area (Å²) in [6.07, 6.45) is 11.5. The molecule has 0 heterocycles. The minimum Gasteiger partial charge on any atom is -0.490 e. The summed E-state index contributed by atoms with van der Waals surface area (Å²) in [6, 6.07) is 3.61. The van der Waals surface area contributed by atoms with Gasteiger partial charge in [-0.15, -0.1) is 0 Å². The Balaban J connectivity index is 1.46. The Bertz CT molecular complexity index is 557. The maximum atomic E-state index is 14.3. The zero-order valence-corrected chi connectivity index (χ0v) is 16.5. The molecule has 0 aliphatic heterocycles. The molecule has 0 amide bonds. The van der Waals surface area contributed by atoms with Gasteiger partial charge in [0.15, 0.2) is 11.6 Å². The van der Waals surface area contributed by atoms with Crippen molar-refractivity contribution in [3.8, 4) is 5.75 Å². The van der Waals surface area contributed by atoms with Gasteiger partial charge < -0.3 is 4.74 Å². The molecule has 0 spiro atoms. The lowest BCUT2D eigenvalue weighted by Crippen LogP contribution is -2.27. The second-order valence-electron chi connectivity index (χ2n) is 8.32. The molecule has 0 unspecified atom stereocenters. The quantitative estimate of drug-likeness (QED) is 0.542. The van der Waals surface area contributed by atoms with Crippen molar-refractivity contribution in [2.24, 2.45) is 23.7 Å². The van der Waals surface area contributed by atoms with Gasteiger partial charge in [-0.05, 0) is 80.2 Å². The summed E-state index contributed by atoms with van der Waals surface area (Å²) in [5.41, 5.74) is 0.842. The second kappa shape index (κ2) is 8.75. The van der Waals surface area contributed by atoms with E-state index >= 15 is 0 Å². The van der Waals surface area contributed by atoms with E-state index in [1.54, 1.807) is 6.07 Å². The first-order chi connectivity index (χ1) is 12.1. The summed E-state index contributed by atoms with van der Waals surface area (Å²) in [5, 5.41) is 0.218. The summed E-state index contributed by atoms with van der Waals surface area (Å²) in [4.78, 5) is 0. The largest absolute Gasteiger partial charge is 0.490 e. The lowest BCUT2D eigenvalue weighted by atomic mass is 9.69.